The van der Waals surface area contributed by atoms with Gasteiger partial charge in [-0.05, 0) is 31.4 Å². The smallest absolute Gasteiger partial charge is 0.151 e. The van der Waals surface area contributed by atoms with Gasteiger partial charge in [0.25, 0.3) is 0 Å². The molecule has 1 heterocycles. The highest BCUT2D eigenvalue weighted by atomic mass is 32.2. The van der Waals surface area contributed by atoms with Crippen molar-refractivity contribution >= 4 is 21.2 Å². The Morgan fingerprint density at radius 2 is 2.06 bits per heavy atom. The minimum absolute atomic E-state index is 0.132. The van der Waals surface area contributed by atoms with Gasteiger partial charge in [0.1, 0.15) is 0 Å². The van der Waals surface area contributed by atoms with Crippen LogP contribution in [0.5, 0.6) is 0 Å². The third-order valence-electron chi connectivity index (χ3n) is 3.61. The summed E-state index contributed by atoms with van der Waals surface area (Å²) in [6.07, 6.45) is 5.23. The van der Waals surface area contributed by atoms with E-state index in [2.05, 4.69) is 24.4 Å². The Morgan fingerprint density at radius 3 is 2.67 bits per heavy atom. The van der Waals surface area contributed by atoms with E-state index in [1.54, 1.807) is 0 Å². The van der Waals surface area contributed by atoms with Crippen LogP contribution in [0.2, 0.25) is 0 Å². The number of rotatable bonds is 5. The minimum atomic E-state index is -2.91. The molecule has 1 aromatic rings. The summed E-state index contributed by atoms with van der Waals surface area (Å²) in [7, 11) is -2.91. The van der Waals surface area contributed by atoms with Crippen LogP contribution in [0.25, 0.3) is 0 Å². The normalized spacial score (nSPS) is 24.6. The van der Waals surface area contributed by atoms with Crippen LogP contribution in [0.15, 0.2) is 12.1 Å². The highest BCUT2D eigenvalue weighted by Crippen LogP contribution is 2.26. The number of thiophene rings is 1. The Bertz CT molecular complexity index is 493. The minimum Gasteiger partial charge on any atom is -0.308 e. The monoisotopic (exact) mass is 287 g/mol. The van der Waals surface area contributed by atoms with E-state index in [0.717, 1.165) is 32.2 Å². The van der Waals surface area contributed by atoms with E-state index in [9.17, 15) is 8.42 Å². The molecule has 0 aromatic carbocycles. The maximum absolute atomic E-state index is 11.7. The van der Waals surface area contributed by atoms with Gasteiger partial charge in [-0.3, -0.25) is 0 Å². The van der Waals surface area contributed by atoms with Crippen molar-refractivity contribution in [3.05, 3.63) is 21.9 Å². The first-order valence-corrected chi connectivity index (χ1v) is 9.27. The second kappa shape index (κ2) is 5.72. The molecule has 18 heavy (non-hydrogen) atoms. The Balaban J connectivity index is 1.93. The predicted molar refractivity (Wildman–Crippen MR) is 76.8 cm³/mol. The summed E-state index contributed by atoms with van der Waals surface area (Å²) in [6.45, 7) is 2.95. The molecule has 1 fully saturated rings. The molecule has 2 rings (SSSR count). The summed E-state index contributed by atoms with van der Waals surface area (Å²) in [5.74, 6) is 0. The molecule has 2 atom stereocenters. The first-order chi connectivity index (χ1) is 8.50. The van der Waals surface area contributed by atoms with E-state index in [0.29, 0.717) is 0 Å². The van der Waals surface area contributed by atoms with Gasteiger partial charge in [-0.1, -0.05) is 13.3 Å². The van der Waals surface area contributed by atoms with Crippen molar-refractivity contribution < 1.29 is 8.42 Å². The van der Waals surface area contributed by atoms with Gasteiger partial charge in [-0.2, -0.15) is 0 Å². The van der Waals surface area contributed by atoms with Crippen LogP contribution in [0, 0.1) is 0 Å². The van der Waals surface area contributed by atoms with Crippen molar-refractivity contribution in [2.24, 2.45) is 0 Å². The number of nitrogens with one attached hydrogen (secondary N) is 1. The van der Waals surface area contributed by atoms with Crippen LogP contribution in [-0.2, 0) is 22.8 Å². The lowest BCUT2D eigenvalue weighted by molar-refractivity contribution is 0.509. The van der Waals surface area contributed by atoms with Gasteiger partial charge in [0.15, 0.2) is 9.84 Å². The highest BCUT2D eigenvalue weighted by molar-refractivity contribution is 7.91. The van der Waals surface area contributed by atoms with Crippen molar-refractivity contribution in [3.63, 3.8) is 0 Å². The van der Waals surface area contributed by atoms with E-state index in [-0.39, 0.29) is 11.3 Å². The summed E-state index contributed by atoms with van der Waals surface area (Å²) in [6, 6.07) is 4.43. The van der Waals surface area contributed by atoms with E-state index in [1.165, 1.54) is 16.0 Å². The Hall–Kier alpha value is -0.390. The molecular formula is C13H21NO2S2. The molecule has 1 saturated carbocycles. The first kappa shape index (κ1) is 14.0. The second-order valence-corrected chi connectivity index (χ2v) is 8.53. The quantitative estimate of drug-likeness (QED) is 0.904. The number of sulfone groups is 1. The fourth-order valence-corrected chi connectivity index (χ4v) is 4.94. The van der Waals surface area contributed by atoms with Gasteiger partial charge < -0.3 is 5.32 Å². The van der Waals surface area contributed by atoms with Crippen LogP contribution in [-0.4, -0.2) is 26.0 Å². The molecule has 2 unspecified atom stereocenters. The maximum atomic E-state index is 11.7. The van der Waals surface area contributed by atoms with Gasteiger partial charge >= 0.3 is 0 Å². The Morgan fingerprint density at radius 1 is 1.33 bits per heavy atom. The van der Waals surface area contributed by atoms with Crippen LogP contribution in [0.3, 0.4) is 0 Å². The predicted octanol–water partition coefficient (Wildman–Crippen LogP) is 2.37. The van der Waals surface area contributed by atoms with Gasteiger partial charge in [-0.15, -0.1) is 11.3 Å². The van der Waals surface area contributed by atoms with E-state index in [4.69, 9.17) is 0 Å². The fourth-order valence-electron chi connectivity index (χ4n) is 2.61. The standard InChI is InChI=1S/C13H21NO2S2/c1-3-10-7-8-11(17-10)9-14-12-5-4-6-13(12)18(2,15)16/h7-8,12-14H,3-6,9H2,1-2H3. The zero-order valence-corrected chi connectivity index (χ0v) is 12.6. The molecule has 0 radical (unpaired) electrons. The summed E-state index contributed by atoms with van der Waals surface area (Å²) in [5.41, 5.74) is 0. The number of hydrogen-bond acceptors (Lipinski definition) is 4. The van der Waals surface area contributed by atoms with Gasteiger partial charge in [-0.25, -0.2) is 8.42 Å². The summed E-state index contributed by atoms with van der Waals surface area (Å²) < 4.78 is 23.3. The molecule has 0 amide bonds. The molecule has 0 bridgehead atoms. The molecule has 1 aromatic heterocycles. The second-order valence-electron chi connectivity index (χ2n) is 5.01. The van der Waals surface area contributed by atoms with Crippen LogP contribution in [0.1, 0.15) is 35.9 Å². The van der Waals surface area contributed by atoms with Crippen LogP contribution < -0.4 is 5.32 Å². The van der Waals surface area contributed by atoms with Gasteiger partial charge in [0.2, 0.25) is 0 Å². The summed E-state index contributed by atoms with van der Waals surface area (Å²) in [4.78, 5) is 2.68. The van der Waals surface area contributed by atoms with Crippen LogP contribution in [0.4, 0.5) is 0 Å². The van der Waals surface area contributed by atoms with Crippen molar-refractivity contribution in [2.45, 2.75) is 50.4 Å². The molecule has 1 aliphatic rings. The maximum Gasteiger partial charge on any atom is 0.151 e. The lowest BCUT2D eigenvalue weighted by Crippen LogP contribution is -2.39. The molecule has 102 valence electrons. The average Bonchev–Trinajstić information content (AvgIpc) is 2.94. The summed E-state index contributed by atoms with van der Waals surface area (Å²) in [5, 5.41) is 3.23. The number of aryl methyl sites for hydroxylation is 1. The largest absolute Gasteiger partial charge is 0.308 e. The zero-order chi connectivity index (χ0) is 13.2. The van der Waals surface area contributed by atoms with E-state index < -0.39 is 9.84 Å². The first-order valence-electron chi connectivity index (χ1n) is 6.50. The summed E-state index contributed by atoms with van der Waals surface area (Å²) >= 11 is 1.81. The Kier molecular flexibility index (Phi) is 4.45. The van der Waals surface area contributed by atoms with Gasteiger partial charge in [0, 0.05) is 28.6 Å². The molecule has 0 spiro atoms. The topological polar surface area (TPSA) is 46.2 Å². The Labute approximate surface area is 114 Å². The third kappa shape index (κ3) is 3.33. The van der Waals surface area contributed by atoms with Crippen molar-refractivity contribution in [1.29, 1.82) is 0 Å². The van der Waals surface area contributed by atoms with Crippen molar-refractivity contribution in [2.75, 3.05) is 6.26 Å². The van der Waals surface area contributed by atoms with Crippen molar-refractivity contribution in [3.8, 4) is 0 Å². The molecular weight excluding hydrogens is 266 g/mol. The molecule has 1 aliphatic carbocycles. The third-order valence-corrected chi connectivity index (χ3v) is 6.50. The number of hydrogen-bond donors (Lipinski definition) is 1. The van der Waals surface area contributed by atoms with E-state index >= 15 is 0 Å². The molecule has 1 N–H and O–H groups in total. The van der Waals surface area contributed by atoms with Crippen LogP contribution >= 0.6 is 11.3 Å². The lowest BCUT2D eigenvalue weighted by atomic mass is 10.2. The molecule has 0 aliphatic heterocycles. The lowest BCUT2D eigenvalue weighted by Gasteiger charge is -2.19. The van der Waals surface area contributed by atoms with E-state index in [1.807, 2.05) is 11.3 Å². The molecule has 0 saturated heterocycles. The average molecular weight is 287 g/mol. The highest BCUT2D eigenvalue weighted by Gasteiger charge is 2.34. The zero-order valence-electron chi connectivity index (χ0n) is 11.0. The van der Waals surface area contributed by atoms with Crippen molar-refractivity contribution in [1.82, 2.24) is 5.32 Å². The molecule has 5 heteroatoms. The molecule has 3 nitrogen and oxygen atoms in total. The fraction of sp³-hybridized carbons (Fsp3) is 0.692. The van der Waals surface area contributed by atoms with Gasteiger partial charge in [0.05, 0.1) is 5.25 Å². The SMILES string of the molecule is CCc1ccc(CNC2CCCC2S(C)(=O)=O)s1.